The van der Waals surface area contributed by atoms with Gasteiger partial charge >= 0.3 is 12.1 Å². The number of carboxylic acids is 1. The molecule has 2 N–H and O–H groups in total. The summed E-state index contributed by atoms with van der Waals surface area (Å²) in [5.41, 5.74) is -0.0664. The van der Waals surface area contributed by atoms with Crippen molar-refractivity contribution in [2.24, 2.45) is 0 Å². The fourth-order valence-corrected chi connectivity index (χ4v) is 1.94. The molecular weight excluding hydrogens is 302 g/mol. The zero-order valence-corrected chi connectivity index (χ0v) is 13.7. The highest BCUT2D eigenvalue weighted by Crippen LogP contribution is 2.21. The molecule has 0 unspecified atom stereocenters. The Bertz CT molecular complexity index is 523. The number of carbonyl (C=O) groups excluding carboxylic acids is 1. The Morgan fingerprint density at radius 2 is 1.78 bits per heavy atom. The van der Waals surface area contributed by atoms with Crippen molar-refractivity contribution < 1.29 is 29.4 Å². The first kappa shape index (κ1) is 18.9. The van der Waals surface area contributed by atoms with Crippen molar-refractivity contribution in [1.82, 2.24) is 5.06 Å². The summed E-state index contributed by atoms with van der Waals surface area (Å²) in [5.74, 6) is -1.30. The number of ether oxygens (including phenoxy) is 1. The van der Waals surface area contributed by atoms with E-state index in [1.165, 1.54) is 6.92 Å². The first-order valence-corrected chi connectivity index (χ1v) is 7.21. The molecule has 7 nitrogen and oxygen atoms in total. The summed E-state index contributed by atoms with van der Waals surface area (Å²) in [7, 11) is 0. The summed E-state index contributed by atoms with van der Waals surface area (Å²) in [5, 5.41) is 19.9. The number of aliphatic hydroxyl groups is 1. The summed E-state index contributed by atoms with van der Waals surface area (Å²) >= 11 is 0. The van der Waals surface area contributed by atoms with E-state index in [9.17, 15) is 19.8 Å². The SMILES string of the molecule is C[C@@H](O)[C@@H](C(=O)O)N(OC(=O)OCc1ccccc1)C(C)(C)C. The molecule has 1 rings (SSSR count). The van der Waals surface area contributed by atoms with E-state index in [1.807, 2.05) is 6.07 Å². The van der Waals surface area contributed by atoms with Gasteiger partial charge in [0.15, 0.2) is 6.04 Å². The second-order valence-electron chi connectivity index (χ2n) is 6.14. The van der Waals surface area contributed by atoms with Gasteiger partial charge in [-0.1, -0.05) is 30.3 Å². The van der Waals surface area contributed by atoms with Crippen molar-refractivity contribution in [2.45, 2.75) is 52.0 Å². The van der Waals surface area contributed by atoms with Crippen LogP contribution in [-0.2, 0) is 21.0 Å². The number of hydroxylamine groups is 2. The van der Waals surface area contributed by atoms with Crippen LogP contribution >= 0.6 is 0 Å². The Morgan fingerprint density at radius 3 is 2.22 bits per heavy atom. The van der Waals surface area contributed by atoms with Crippen molar-refractivity contribution >= 4 is 12.1 Å². The summed E-state index contributed by atoms with van der Waals surface area (Å²) in [6, 6.07) is 7.61. The van der Waals surface area contributed by atoms with Gasteiger partial charge in [0.2, 0.25) is 0 Å². The van der Waals surface area contributed by atoms with E-state index < -0.39 is 29.8 Å². The van der Waals surface area contributed by atoms with Gasteiger partial charge in [-0.3, -0.25) is 4.79 Å². The molecule has 23 heavy (non-hydrogen) atoms. The number of carboxylic acid groups (broad SMARTS) is 1. The monoisotopic (exact) mass is 325 g/mol. The largest absolute Gasteiger partial charge is 0.528 e. The lowest BCUT2D eigenvalue weighted by Gasteiger charge is -2.37. The molecule has 1 aromatic carbocycles. The minimum Gasteiger partial charge on any atom is -0.480 e. The minimum atomic E-state index is -1.40. The summed E-state index contributed by atoms with van der Waals surface area (Å²) in [4.78, 5) is 28.3. The number of carbonyl (C=O) groups is 2. The van der Waals surface area contributed by atoms with E-state index in [2.05, 4.69) is 0 Å². The Kier molecular flexibility index (Phi) is 6.53. The molecule has 0 aliphatic heterocycles. The standard InChI is InChI=1S/C16H23NO6/c1-11(18)13(14(19)20)17(16(2,3)4)23-15(21)22-10-12-8-6-5-7-9-12/h5-9,11,13,18H,10H2,1-4H3,(H,19,20)/t11-,13+/m1/s1. The van der Waals surface area contributed by atoms with Gasteiger partial charge < -0.3 is 19.8 Å². The number of aliphatic hydroxyl groups excluding tert-OH is 1. The molecule has 0 aliphatic rings. The van der Waals surface area contributed by atoms with Gasteiger partial charge in [0.25, 0.3) is 0 Å². The fraction of sp³-hybridized carbons (Fsp3) is 0.500. The second-order valence-corrected chi connectivity index (χ2v) is 6.14. The van der Waals surface area contributed by atoms with E-state index in [0.29, 0.717) is 0 Å². The molecule has 0 fully saturated rings. The van der Waals surface area contributed by atoms with Crippen LogP contribution in [0, 0.1) is 0 Å². The quantitative estimate of drug-likeness (QED) is 0.611. The van der Waals surface area contributed by atoms with Crippen LogP contribution in [0.1, 0.15) is 33.3 Å². The van der Waals surface area contributed by atoms with Crippen molar-refractivity contribution in [2.75, 3.05) is 0 Å². The van der Waals surface area contributed by atoms with Gasteiger partial charge in [0.1, 0.15) is 6.61 Å². The van der Waals surface area contributed by atoms with Crippen LogP contribution < -0.4 is 0 Å². The second kappa shape index (κ2) is 7.94. The van der Waals surface area contributed by atoms with Crippen LogP contribution in [0.4, 0.5) is 4.79 Å². The maximum absolute atomic E-state index is 11.9. The highest BCUT2D eigenvalue weighted by molar-refractivity contribution is 5.74. The third-order valence-corrected chi connectivity index (χ3v) is 3.00. The topological polar surface area (TPSA) is 96.3 Å². The van der Waals surface area contributed by atoms with Crippen molar-refractivity contribution in [3.8, 4) is 0 Å². The van der Waals surface area contributed by atoms with Crippen molar-refractivity contribution in [3.63, 3.8) is 0 Å². The normalized spacial score (nSPS) is 14.2. The molecule has 0 aromatic heterocycles. The Hall–Kier alpha value is -2.12. The van der Waals surface area contributed by atoms with Gasteiger partial charge in [-0.2, -0.15) is 0 Å². The number of benzene rings is 1. The summed E-state index contributed by atoms with van der Waals surface area (Å²) in [6.07, 6.45) is -2.27. The molecule has 0 amide bonds. The van der Waals surface area contributed by atoms with E-state index in [0.717, 1.165) is 10.6 Å². The lowest BCUT2D eigenvalue weighted by molar-refractivity contribution is -0.225. The van der Waals surface area contributed by atoms with Crippen LogP contribution in [0.25, 0.3) is 0 Å². The van der Waals surface area contributed by atoms with Crippen LogP contribution in [-0.4, -0.2) is 45.1 Å². The van der Waals surface area contributed by atoms with E-state index in [4.69, 9.17) is 9.57 Å². The van der Waals surface area contributed by atoms with Gasteiger partial charge in [0, 0.05) is 5.54 Å². The molecule has 2 atom stereocenters. The molecule has 7 heteroatoms. The molecule has 0 saturated carbocycles. The van der Waals surface area contributed by atoms with E-state index in [1.54, 1.807) is 45.0 Å². The highest BCUT2D eigenvalue weighted by atomic mass is 16.8. The fourth-order valence-electron chi connectivity index (χ4n) is 1.94. The van der Waals surface area contributed by atoms with Crippen LogP contribution in [0.5, 0.6) is 0 Å². The first-order valence-electron chi connectivity index (χ1n) is 7.21. The Morgan fingerprint density at radius 1 is 1.22 bits per heavy atom. The maximum atomic E-state index is 11.9. The highest BCUT2D eigenvalue weighted by Gasteiger charge is 2.40. The van der Waals surface area contributed by atoms with Crippen LogP contribution in [0.2, 0.25) is 0 Å². The third-order valence-electron chi connectivity index (χ3n) is 3.00. The maximum Gasteiger partial charge on any atom is 0.528 e. The Balaban J connectivity index is 2.77. The zero-order chi connectivity index (χ0) is 17.6. The molecule has 1 aromatic rings. The molecule has 0 saturated heterocycles. The van der Waals surface area contributed by atoms with Gasteiger partial charge in [-0.25, -0.2) is 4.79 Å². The molecule has 0 heterocycles. The average molecular weight is 325 g/mol. The van der Waals surface area contributed by atoms with E-state index >= 15 is 0 Å². The van der Waals surface area contributed by atoms with E-state index in [-0.39, 0.29) is 6.61 Å². The number of hydrogen-bond acceptors (Lipinski definition) is 6. The minimum absolute atomic E-state index is 0.00404. The van der Waals surface area contributed by atoms with Crippen LogP contribution in [0.3, 0.4) is 0 Å². The molecule has 0 bridgehead atoms. The lowest BCUT2D eigenvalue weighted by Crippen LogP contribution is -2.56. The molecule has 0 radical (unpaired) electrons. The van der Waals surface area contributed by atoms with Gasteiger partial charge in [0.05, 0.1) is 6.10 Å². The predicted molar refractivity (Wildman–Crippen MR) is 82.4 cm³/mol. The Labute approximate surface area is 135 Å². The first-order chi connectivity index (χ1) is 10.6. The number of hydrogen-bond donors (Lipinski definition) is 2. The molecule has 0 aliphatic carbocycles. The van der Waals surface area contributed by atoms with Gasteiger partial charge in [-0.15, -0.1) is 5.06 Å². The molecule has 0 spiro atoms. The summed E-state index contributed by atoms with van der Waals surface area (Å²) < 4.78 is 4.99. The number of nitrogens with zero attached hydrogens (tertiary/aromatic N) is 1. The zero-order valence-electron chi connectivity index (χ0n) is 13.7. The average Bonchev–Trinajstić information content (AvgIpc) is 2.43. The van der Waals surface area contributed by atoms with Crippen molar-refractivity contribution in [1.29, 1.82) is 0 Å². The summed E-state index contributed by atoms with van der Waals surface area (Å²) in [6.45, 7) is 6.31. The smallest absolute Gasteiger partial charge is 0.480 e. The molecule has 128 valence electrons. The van der Waals surface area contributed by atoms with Gasteiger partial charge in [-0.05, 0) is 33.3 Å². The lowest BCUT2D eigenvalue weighted by atomic mass is 10.0. The number of aliphatic carboxylic acids is 1. The number of rotatable bonds is 6. The third kappa shape index (κ3) is 5.88. The van der Waals surface area contributed by atoms with Crippen molar-refractivity contribution in [3.05, 3.63) is 35.9 Å². The predicted octanol–water partition coefficient (Wildman–Crippen LogP) is 2.19. The molecular formula is C16H23NO6. The van der Waals surface area contributed by atoms with Crippen LogP contribution in [0.15, 0.2) is 30.3 Å².